The molecular formula is C23H20N2. The van der Waals surface area contributed by atoms with Crippen molar-refractivity contribution in [1.29, 1.82) is 0 Å². The standard InChI is InChI=1S/C23H20N2/c1-14(2)17-12-16-10-11-24-22-19-9-8-15-6-4-5-7-18(15)23(19)25(3)20(13-17)21(16)22/h4-14H,1-3H3. The second-order valence-electron chi connectivity index (χ2n) is 7.19. The molecule has 122 valence electrons. The number of anilines is 2. The molecule has 0 saturated heterocycles. The number of benzene rings is 3. The molecule has 5 rings (SSSR count). The number of hydrogen-bond donors (Lipinski definition) is 0. The average Bonchev–Trinajstić information content (AvgIpc) is 2.64. The van der Waals surface area contributed by atoms with Crippen LogP contribution in [0.1, 0.15) is 25.3 Å². The Balaban J connectivity index is 1.95. The van der Waals surface area contributed by atoms with Gasteiger partial charge in [-0.05, 0) is 34.4 Å². The largest absolute Gasteiger partial charge is 0.343 e. The lowest BCUT2D eigenvalue weighted by Crippen LogP contribution is -2.16. The van der Waals surface area contributed by atoms with Crippen LogP contribution in [0.2, 0.25) is 0 Å². The van der Waals surface area contributed by atoms with Crippen LogP contribution in [0, 0.1) is 0 Å². The molecule has 0 N–H and O–H groups in total. The van der Waals surface area contributed by atoms with Crippen LogP contribution in [0.4, 0.5) is 11.4 Å². The quantitative estimate of drug-likeness (QED) is 0.411. The molecule has 1 aromatic heterocycles. The zero-order chi connectivity index (χ0) is 17.1. The van der Waals surface area contributed by atoms with E-state index in [0.717, 1.165) is 5.69 Å². The first-order valence-corrected chi connectivity index (χ1v) is 8.83. The van der Waals surface area contributed by atoms with Gasteiger partial charge in [0.1, 0.15) is 0 Å². The van der Waals surface area contributed by atoms with Gasteiger partial charge in [0.25, 0.3) is 0 Å². The fourth-order valence-electron chi connectivity index (χ4n) is 4.05. The molecule has 25 heavy (non-hydrogen) atoms. The first kappa shape index (κ1) is 14.5. The molecule has 1 aliphatic heterocycles. The Morgan fingerprint density at radius 3 is 2.60 bits per heavy atom. The van der Waals surface area contributed by atoms with Crippen molar-refractivity contribution in [2.24, 2.45) is 0 Å². The van der Waals surface area contributed by atoms with Crippen LogP contribution in [0.15, 0.2) is 60.8 Å². The Kier molecular flexibility index (Phi) is 2.93. The average molecular weight is 324 g/mol. The zero-order valence-corrected chi connectivity index (χ0v) is 14.7. The van der Waals surface area contributed by atoms with Gasteiger partial charge in [-0.25, -0.2) is 0 Å². The van der Waals surface area contributed by atoms with E-state index in [0.29, 0.717) is 5.92 Å². The molecule has 4 aromatic rings. The van der Waals surface area contributed by atoms with Crippen LogP contribution in [-0.2, 0) is 0 Å². The van der Waals surface area contributed by atoms with Crippen LogP contribution in [0.25, 0.3) is 32.8 Å². The molecule has 0 aliphatic carbocycles. The summed E-state index contributed by atoms with van der Waals surface area (Å²) in [7, 11) is 2.18. The second-order valence-corrected chi connectivity index (χ2v) is 7.19. The highest BCUT2D eigenvalue weighted by molar-refractivity contribution is 6.15. The molecule has 0 radical (unpaired) electrons. The summed E-state index contributed by atoms with van der Waals surface area (Å²) in [6, 6.07) is 19.8. The number of aromatic nitrogens is 1. The molecule has 1 aliphatic rings. The van der Waals surface area contributed by atoms with E-state index in [1.165, 1.54) is 44.0 Å². The van der Waals surface area contributed by atoms with Gasteiger partial charge in [0, 0.05) is 29.6 Å². The maximum absolute atomic E-state index is 4.77. The van der Waals surface area contributed by atoms with Crippen LogP contribution >= 0.6 is 0 Å². The van der Waals surface area contributed by atoms with Crippen molar-refractivity contribution in [1.82, 2.24) is 4.98 Å². The van der Waals surface area contributed by atoms with Crippen molar-refractivity contribution in [2.45, 2.75) is 19.8 Å². The molecule has 2 heterocycles. The van der Waals surface area contributed by atoms with Crippen molar-refractivity contribution >= 4 is 32.9 Å². The topological polar surface area (TPSA) is 16.1 Å². The molecule has 2 heteroatoms. The lowest BCUT2D eigenvalue weighted by Gasteiger charge is -2.31. The van der Waals surface area contributed by atoms with E-state index in [9.17, 15) is 0 Å². The van der Waals surface area contributed by atoms with Gasteiger partial charge in [0.15, 0.2) is 0 Å². The molecule has 0 spiro atoms. The van der Waals surface area contributed by atoms with Crippen molar-refractivity contribution < 1.29 is 0 Å². The van der Waals surface area contributed by atoms with E-state index in [1.54, 1.807) is 0 Å². The molecule has 0 amide bonds. The van der Waals surface area contributed by atoms with Gasteiger partial charge in [-0.3, -0.25) is 4.98 Å². The van der Waals surface area contributed by atoms with E-state index < -0.39 is 0 Å². The van der Waals surface area contributed by atoms with E-state index in [2.05, 4.69) is 80.4 Å². The van der Waals surface area contributed by atoms with E-state index >= 15 is 0 Å². The van der Waals surface area contributed by atoms with Gasteiger partial charge in [-0.2, -0.15) is 0 Å². The van der Waals surface area contributed by atoms with Gasteiger partial charge in [-0.15, -0.1) is 0 Å². The molecule has 0 saturated carbocycles. The lowest BCUT2D eigenvalue weighted by atomic mass is 9.90. The minimum Gasteiger partial charge on any atom is -0.343 e. The van der Waals surface area contributed by atoms with E-state index in [4.69, 9.17) is 4.98 Å². The molecule has 0 bridgehead atoms. The van der Waals surface area contributed by atoms with E-state index in [-0.39, 0.29) is 0 Å². The highest BCUT2D eigenvalue weighted by Gasteiger charge is 2.25. The minimum atomic E-state index is 0.500. The fraction of sp³-hybridized carbons (Fsp3) is 0.174. The number of rotatable bonds is 1. The summed E-state index contributed by atoms with van der Waals surface area (Å²) in [6.07, 6.45) is 1.94. The summed E-state index contributed by atoms with van der Waals surface area (Å²) >= 11 is 0. The summed E-state index contributed by atoms with van der Waals surface area (Å²) in [6.45, 7) is 4.50. The summed E-state index contributed by atoms with van der Waals surface area (Å²) in [5, 5.41) is 5.08. The summed E-state index contributed by atoms with van der Waals surface area (Å²) in [5.41, 5.74) is 6.20. The maximum atomic E-state index is 4.77. The predicted octanol–water partition coefficient (Wildman–Crippen LogP) is 6.26. The van der Waals surface area contributed by atoms with Gasteiger partial charge in [0.05, 0.1) is 17.1 Å². The predicted molar refractivity (Wildman–Crippen MR) is 107 cm³/mol. The van der Waals surface area contributed by atoms with Crippen molar-refractivity contribution in [3.05, 3.63) is 66.4 Å². The Hall–Kier alpha value is -2.87. The third kappa shape index (κ3) is 1.94. The Bertz CT molecular complexity index is 1140. The van der Waals surface area contributed by atoms with Crippen LogP contribution in [0.3, 0.4) is 0 Å². The Labute approximate surface area is 147 Å². The van der Waals surface area contributed by atoms with Crippen molar-refractivity contribution in [3.8, 4) is 11.3 Å². The first-order valence-electron chi connectivity index (χ1n) is 8.83. The van der Waals surface area contributed by atoms with Crippen LogP contribution < -0.4 is 4.90 Å². The number of nitrogens with zero attached hydrogens (tertiary/aromatic N) is 2. The Morgan fingerprint density at radius 2 is 1.76 bits per heavy atom. The highest BCUT2D eigenvalue weighted by atomic mass is 15.1. The molecule has 2 nitrogen and oxygen atoms in total. The number of fused-ring (bicyclic) bond motifs is 4. The zero-order valence-electron chi connectivity index (χ0n) is 14.7. The maximum Gasteiger partial charge on any atom is 0.0822 e. The van der Waals surface area contributed by atoms with Crippen LogP contribution in [0.5, 0.6) is 0 Å². The third-order valence-electron chi connectivity index (χ3n) is 5.38. The van der Waals surface area contributed by atoms with Crippen molar-refractivity contribution in [2.75, 3.05) is 11.9 Å². The van der Waals surface area contributed by atoms with Gasteiger partial charge in [0.2, 0.25) is 0 Å². The molecule has 0 unspecified atom stereocenters. The van der Waals surface area contributed by atoms with E-state index in [1.807, 2.05) is 6.20 Å². The number of hydrogen-bond acceptors (Lipinski definition) is 2. The Morgan fingerprint density at radius 1 is 0.920 bits per heavy atom. The summed E-state index contributed by atoms with van der Waals surface area (Å²) < 4.78 is 0. The molecule has 3 aromatic carbocycles. The lowest BCUT2D eigenvalue weighted by molar-refractivity contribution is 0.868. The van der Waals surface area contributed by atoms with Gasteiger partial charge < -0.3 is 4.90 Å². The molecule has 0 atom stereocenters. The monoisotopic (exact) mass is 324 g/mol. The first-order chi connectivity index (χ1) is 12.1. The normalized spacial score (nSPS) is 12.9. The van der Waals surface area contributed by atoms with Crippen molar-refractivity contribution in [3.63, 3.8) is 0 Å². The summed E-state index contributed by atoms with van der Waals surface area (Å²) in [4.78, 5) is 7.12. The highest BCUT2D eigenvalue weighted by Crippen LogP contribution is 2.49. The SMILES string of the molecule is CC(C)c1cc2c3c(nccc3c1)-c1ccc3ccccc3c1N2C. The van der Waals surface area contributed by atoms with Gasteiger partial charge >= 0.3 is 0 Å². The molecule has 0 fully saturated rings. The third-order valence-corrected chi connectivity index (χ3v) is 5.38. The second kappa shape index (κ2) is 5.06. The van der Waals surface area contributed by atoms with Crippen LogP contribution in [-0.4, -0.2) is 12.0 Å². The minimum absolute atomic E-state index is 0.500. The van der Waals surface area contributed by atoms with Gasteiger partial charge in [-0.1, -0.05) is 56.3 Å². The summed E-state index contributed by atoms with van der Waals surface area (Å²) in [5.74, 6) is 0.500. The smallest absolute Gasteiger partial charge is 0.0822 e. The fourth-order valence-corrected chi connectivity index (χ4v) is 4.05. The number of pyridine rings is 1. The molecular weight excluding hydrogens is 304 g/mol.